The van der Waals surface area contributed by atoms with Crippen LogP contribution in [0.3, 0.4) is 0 Å². The smallest absolute Gasteiger partial charge is 0.0552 e. The van der Waals surface area contributed by atoms with Crippen molar-refractivity contribution in [3.05, 3.63) is 93.1 Å². The van der Waals surface area contributed by atoms with E-state index in [9.17, 15) is 0 Å². The van der Waals surface area contributed by atoms with E-state index in [1.165, 1.54) is 33.4 Å². The molecule has 0 aliphatic heterocycles. The van der Waals surface area contributed by atoms with Crippen LogP contribution in [0.5, 0.6) is 0 Å². The molecule has 0 radical (unpaired) electrons. The summed E-state index contributed by atoms with van der Waals surface area (Å²) in [5.74, 6) is 0.451. The fourth-order valence-corrected chi connectivity index (χ4v) is 4.16. The van der Waals surface area contributed by atoms with Crippen LogP contribution >= 0.6 is 0 Å². The first-order valence-corrected chi connectivity index (χ1v) is 12.4. The molecule has 0 N–H and O–H groups in total. The van der Waals surface area contributed by atoms with Crippen LogP contribution in [0.2, 0.25) is 0 Å². The number of rotatable bonds is 4. The van der Waals surface area contributed by atoms with E-state index < -0.39 is 0 Å². The van der Waals surface area contributed by atoms with Crippen LogP contribution in [0.15, 0.2) is 47.5 Å². The Hall–Kier alpha value is -2.26. The van der Waals surface area contributed by atoms with E-state index in [2.05, 4.69) is 139 Å². The summed E-state index contributed by atoms with van der Waals surface area (Å²) in [6, 6.07) is 13.6. The summed E-state index contributed by atoms with van der Waals surface area (Å²) < 4.78 is 0. The molecule has 0 amide bonds. The summed E-state index contributed by atoms with van der Waals surface area (Å²) in [7, 11) is 0. The van der Waals surface area contributed by atoms with Gasteiger partial charge in [0, 0.05) is 47.8 Å². The van der Waals surface area contributed by atoms with Gasteiger partial charge in [0.2, 0.25) is 0 Å². The Morgan fingerprint density at radius 3 is 1.70 bits per heavy atom. The van der Waals surface area contributed by atoms with Gasteiger partial charge in [-0.25, -0.2) is 0 Å². The Morgan fingerprint density at radius 2 is 1.21 bits per heavy atom. The van der Waals surface area contributed by atoms with Gasteiger partial charge in [0.15, 0.2) is 22.3 Å². The average molecular weight is 443 g/mol. The van der Waals surface area contributed by atoms with E-state index in [-0.39, 0.29) is 16.2 Å². The molecular formula is C33H46+2. The standard InChI is InChI=1S/C33H46/c1-22(2)27-15-14-16-30(33(11,12)13)28(27)20-24(4)23(3)19-25-21-26(31(5,6)7)17-18-29(25)32(8,9)10/h14-18,21-22H,1-13H3/q+2. The van der Waals surface area contributed by atoms with Crippen molar-refractivity contribution in [2.75, 3.05) is 0 Å². The quantitative estimate of drug-likeness (QED) is 0.326. The monoisotopic (exact) mass is 442 g/mol. The highest BCUT2D eigenvalue weighted by atomic mass is 14.3. The van der Waals surface area contributed by atoms with Gasteiger partial charge in [-0.2, -0.15) is 0 Å². The van der Waals surface area contributed by atoms with Crippen LogP contribution in [0.1, 0.15) is 129 Å². The van der Waals surface area contributed by atoms with E-state index in [4.69, 9.17) is 0 Å². The second kappa shape index (κ2) is 9.54. The highest BCUT2D eigenvalue weighted by molar-refractivity contribution is 5.49. The van der Waals surface area contributed by atoms with Crippen molar-refractivity contribution < 1.29 is 0 Å². The maximum Gasteiger partial charge on any atom is 0.164 e. The van der Waals surface area contributed by atoms with Gasteiger partial charge in [0.05, 0.1) is 23.3 Å². The molecule has 0 aliphatic carbocycles. The summed E-state index contributed by atoms with van der Waals surface area (Å²) in [6.07, 6.45) is 7.58. The largest absolute Gasteiger partial charge is 0.164 e. The van der Waals surface area contributed by atoms with Crippen molar-refractivity contribution in [3.8, 4) is 0 Å². The van der Waals surface area contributed by atoms with Crippen LogP contribution in [0, 0.1) is 12.2 Å². The number of benzene rings is 2. The summed E-state index contributed by atoms with van der Waals surface area (Å²) in [4.78, 5) is 0. The molecule has 0 aromatic heterocycles. The first-order valence-electron chi connectivity index (χ1n) is 12.4. The molecule has 176 valence electrons. The minimum absolute atomic E-state index is 0.0595. The lowest BCUT2D eigenvalue weighted by Gasteiger charge is -2.21. The van der Waals surface area contributed by atoms with Crippen molar-refractivity contribution in [2.24, 2.45) is 0 Å². The predicted molar refractivity (Wildman–Crippen MR) is 146 cm³/mol. The average Bonchev–Trinajstić information content (AvgIpc) is 2.65. The summed E-state index contributed by atoms with van der Waals surface area (Å²) in [5, 5.41) is 0. The van der Waals surface area contributed by atoms with Gasteiger partial charge in [-0.1, -0.05) is 20.8 Å². The molecule has 0 heteroatoms. The van der Waals surface area contributed by atoms with E-state index in [0.717, 1.165) is 11.1 Å². The van der Waals surface area contributed by atoms with Gasteiger partial charge in [0.1, 0.15) is 0 Å². The van der Waals surface area contributed by atoms with Crippen LogP contribution in [0.25, 0.3) is 0 Å². The zero-order valence-corrected chi connectivity index (χ0v) is 23.5. The minimum Gasteiger partial charge on any atom is -0.0552 e. The van der Waals surface area contributed by atoms with Crippen LogP contribution in [-0.2, 0) is 16.2 Å². The fourth-order valence-electron chi connectivity index (χ4n) is 4.16. The van der Waals surface area contributed by atoms with Gasteiger partial charge >= 0.3 is 0 Å². The van der Waals surface area contributed by atoms with Crippen molar-refractivity contribution in [2.45, 2.75) is 112 Å². The molecule has 2 rings (SSSR count). The Balaban J connectivity index is 2.69. The third kappa shape index (κ3) is 6.63. The van der Waals surface area contributed by atoms with Crippen LogP contribution in [0.4, 0.5) is 0 Å². The zero-order valence-electron chi connectivity index (χ0n) is 23.5. The molecule has 0 saturated heterocycles. The third-order valence-corrected chi connectivity index (χ3v) is 6.42. The lowest BCUT2D eigenvalue weighted by Crippen LogP contribution is -2.17. The highest BCUT2D eigenvalue weighted by Gasteiger charge is 2.29. The van der Waals surface area contributed by atoms with E-state index in [1.807, 2.05) is 0 Å². The molecule has 0 fully saturated rings. The van der Waals surface area contributed by atoms with Gasteiger partial charge in [-0.05, 0) is 91.1 Å². The highest BCUT2D eigenvalue weighted by Crippen LogP contribution is 2.34. The lowest BCUT2D eigenvalue weighted by atomic mass is 9.78. The Labute approximate surface area is 205 Å². The molecule has 0 spiro atoms. The van der Waals surface area contributed by atoms with Crippen LogP contribution < -0.4 is 0 Å². The van der Waals surface area contributed by atoms with Gasteiger partial charge in [-0.3, -0.25) is 0 Å². The first-order chi connectivity index (χ1) is 14.9. The normalized spacial score (nSPS) is 13.8. The van der Waals surface area contributed by atoms with Crippen molar-refractivity contribution in [1.29, 1.82) is 0 Å². The summed E-state index contributed by atoms with van der Waals surface area (Å²) >= 11 is 0. The summed E-state index contributed by atoms with van der Waals surface area (Å²) in [6.45, 7) is 29.4. The summed E-state index contributed by atoms with van der Waals surface area (Å²) in [5.41, 5.74) is 10.4. The van der Waals surface area contributed by atoms with Gasteiger partial charge in [0.25, 0.3) is 0 Å². The first kappa shape index (κ1) is 27.0. The topological polar surface area (TPSA) is 0 Å². The Kier molecular flexibility index (Phi) is 7.80. The second-order valence-electron chi connectivity index (χ2n) is 12.9. The Morgan fingerprint density at radius 1 is 0.667 bits per heavy atom. The van der Waals surface area contributed by atoms with Gasteiger partial charge in [-0.15, -0.1) is 0 Å². The number of hydrogen-bond acceptors (Lipinski definition) is 0. The van der Waals surface area contributed by atoms with Crippen LogP contribution in [-0.4, -0.2) is 0 Å². The molecule has 2 aromatic rings. The molecular weight excluding hydrogens is 396 g/mol. The molecule has 0 nitrogen and oxygen atoms in total. The fraction of sp³-hybridized carbons (Fsp3) is 0.515. The number of allylic oxidation sites excluding steroid dienone is 2. The maximum absolute atomic E-state index is 3.81. The molecule has 2 aromatic carbocycles. The maximum atomic E-state index is 3.81. The molecule has 0 bridgehead atoms. The Bertz CT molecular complexity index is 1030. The molecule has 0 atom stereocenters. The molecule has 0 heterocycles. The lowest BCUT2D eigenvalue weighted by molar-refractivity contribution is 0.574. The molecule has 33 heavy (non-hydrogen) atoms. The predicted octanol–water partition coefficient (Wildman–Crippen LogP) is 9.60. The van der Waals surface area contributed by atoms with Gasteiger partial charge < -0.3 is 0 Å². The SMILES string of the molecule is CC(=[C+]c1cc(C(C)(C)C)ccc1C(C)(C)C)C(C)=[C+]c1c(C(C)C)cccc1C(C)(C)C. The van der Waals surface area contributed by atoms with Crippen molar-refractivity contribution in [3.63, 3.8) is 0 Å². The van der Waals surface area contributed by atoms with Crippen molar-refractivity contribution >= 4 is 0 Å². The van der Waals surface area contributed by atoms with E-state index in [0.29, 0.717) is 5.92 Å². The molecule has 0 saturated carbocycles. The third-order valence-electron chi connectivity index (χ3n) is 6.42. The van der Waals surface area contributed by atoms with Crippen molar-refractivity contribution in [1.82, 2.24) is 0 Å². The molecule has 0 aliphatic rings. The minimum atomic E-state index is 0.0595. The zero-order chi connectivity index (χ0) is 25.4. The molecule has 0 unspecified atom stereocenters. The van der Waals surface area contributed by atoms with E-state index >= 15 is 0 Å². The van der Waals surface area contributed by atoms with E-state index in [1.54, 1.807) is 0 Å². The second-order valence-corrected chi connectivity index (χ2v) is 12.9. The number of hydrogen-bond donors (Lipinski definition) is 0.